The number of nitrogens with one attached hydrogen (secondary N) is 2. The molecule has 5 N–H and O–H groups in total. The fourth-order valence-electron chi connectivity index (χ4n) is 1.60. The van der Waals surface area contributed by atoms with E-state index in [0.717, 1.165) is 22.8 Å². The van der Waals surface area contributed by atoms with Crippen LogP contribution >= 0.6 is 0 Å². The van der Waals surface area contributed by atoms with Crippen LogP contribution in [0.15, 0.2) is 22.1 Å². The maximum Gasteiger partial charge on any atom is 2.00 e. The Kier molecular flexibility index (Phi) is 16.3. The molecule has 2 rings (SSSR count). The second kappa shape index (κ2) is 14.2. The van der Waals surface area contributed by atoms with Crippen molar-refractivity contribution in [3.8, 4) is 0 Å². The molecule has 139 valence electrons. The first-order valence-electron chi connectivity index (χ1n) is 6.35. The van der Waals surface area contributed by atoms with Gasteiger partial charge in [-0.15, -0.1) is 0 Å². The fourth-order valence-corrected chi connectivity index (χ4v) is 1.60. The molecule has 0 aliphatic rings. The van der Waals surface area contributed by atoms with Crippen molar-refractivity contribution in [3.05, 3.63) is 34.9 Å². The van der Waals surface area contributed by atoms with Gasteiger partial charge in [-0.05, 0) is 26.0 Å². The van der Waals surface area contributed by atoms with Crippen LogP contribution in [0.2, 0.25) is 0 Å². The van der Waals surface area contributed by atoms with Crippen molar-refractivity contribution >= 4 is 12.4 Å². The number of H-pyrrole nitrogens is 2. The third-order valence-corrected chi connectivity index (χ3v) is 2.53. The van der Waals surface area contributed by atoms with E-state index in [4.69, 9.17) is 0 Å². The van der Waals surface area contributed by atoms with Gasteiger partial charge in [0.15, 0.2) is 0 Å². The summed E-state index contributed by atoms with van der Waals surface area (Å²) in [6.45, 7) is 4.43. The molecule has 11 heteroatoms. The zero-order chi connectivity index (χ0) is 14.4. The van der Waals surface area contributed by atoms with E-state index < -0.39 is 6.10 Å². The predicted octanol–water partition coefficient (Wildman–Crippen LogP) is -6.17. The quantitative estimate of drug-likeness (QED) is 0.313. The molecule has 0 aliphatic heterocycles. The summed E-state index contributed by atoms with van der Waals surface area (Å²) in [5.74, 6) is 0. The number of aliphatic imine (C=N–C) groups is 2. The number of rotatable bonds is 6. The smallest absolute Gasteiger partial charge is 1.00 e. The Morgan fingerprint density at radius 2 is 1.38 bits per heavy atom. The molecule has 0 atom stereocenters. The van der Waals surface area contributed by atoms with Crippen molar-refractivity contribution in [2.24, 2.45) is 9.98 Å². The van der Waals surface area contributed by atoms with Crippen LogP contribution in [0.5, 0.6) is 0 Å². The van der Waals surface area contributed by atoms with Gasteiger partial charge in [0.2, 0.25) is 0 Å². The van der Waals surface area contributed by atoms with Gasteiger partial charge in [0.05, 0.1) is 19.2 Å². The first-order chi connectivity index (χ1) is 9.63. The molecular formula is C13H20Cl2CuN6O2. The van der Waals surface area contributed by atoms with Crippen molar-refractivity contribution < 1.29 is 52.5 Å². The Morgan fingerprint density at radius 3 is 1.67 bits per heavy atom. The van der Waals surface area contributed by atoms with Gasteiger partial charge in [-0.2, -0.15) is 10.2 Å². The molecule has 0 aliphatic carbocycles. The number of aromatic nitrogens is 4. The summed E-state index contributed by atoms with van der Waals surface area (Å²) in [4.78, 5) is 8.26. The Balaban J connectivity index is -0.00000110. The van der Waals surface area contributed by atoms with Gasteiger partial charge in [0.25, 0.3) is 0 Å². The predicted molar refractivity (Wildman–Crippen MR) is 81.2 cm³/mol. The molecule has 0 fully saturated rings. The molecule has 1 radical (unpaired) electrons. The number of aliphatic hydroxyl groups excluding tert-OH is 1. The summed E-state index contributed by atoms with van der Waals surface area (Å²) in [7, 11) is 0. The number of aliphatic hydroxyl groups is 1. The minimum absolute atomic E-state index is 0. The molecule has 0 saturated heterocycles. The summed E-state index contributed by atoms with van der Waals surface area (Å²) in [6, 6.07) is 3.77. The first kappa shape index (κ1) is 27.6. The average molecular weight is 427 g/mol. The van der Waals surface area contributed by atoms with Gasteiger partial charge < -0.3 is 35.4 Å². The zero-order valence-corrected chi connectivity index (χ0v) is 15.5. The Bertz CT molecular complexity index is 565. The van der Waals surface area contributed by atoms with Crippen LogP contribution in [-0.2, 0) is 17.1 Å². The van der Waals surface area contributed by atoms with Crippen LogP contribution in [0.3, 0.4) is 0 Å². The van der Waals surface area contributed by atoms with Crippen molar-refractivity contribution in [1.82, 2.24) is 20.4 Å². The normalized spacial score (nSPS) is 11.3. The average Bonchev–Trinajstić information content (AvgIpc) is 2.99. The summed E-state index contributed by atoms with van der Waals surface area (Å²) < 4.78 is 0. The molecule has 0 spiro atoms. The van der Waals surface area contributed by atoms with E-state index in [1.807, 2.05) is 26.0 Å². The maximum absolute atomic E-state index is 9.73. The van der Waals surface area contributed by atoms with Crippen LogP contribution in [-0.4, -0.2) is 62.6 Å². The van der Waals surface area contributed by atoms with Gasteiger partial charge in [-0.1, -0.05) is 0 Å². The van der Waals surface area contributed by atoms with E-state index in [2.05, 4.69) is 30.4 Å². The van der Waals surface area contributed by atoms with Gasteiger partial charge >= 0.3 is 17.1 Å². The third-order valence-electron chi connectivity index (χ3n) is 2.53. The molecule has 8 nitrogen and oxygen atoms in total. The van der Waals surface area contributed by atoms with Crippen molar-refractivity contribution in [2.75, 3.05) is 13.1 Å². The number of halogens is 2. The molecule has 2 aromatic rings. The Morgan fingerprint density at radius 1 is 1.00 bits per heavy atom. The van der Waals surface area contributed by atoms with Crippen LogP contribution in [0.1, 0.15) is 22.8 Å². The fraction of sp³-hybridized carbons (Fsp3) is 0.385. The van der Waals surface area contributed by atoms with E-state index in [0.29, 0.717) is 13.1 Å². The topological polar surface area (TPSA) is 134 Å². The largest absolute Gasteiger partial charge is 2.00 e. The van der Waals surface area contributed by atoms with Gasteiger partial charge in [0.1, 0.15) is 11.4 Å². The van der Waals surface area contributed by atoms with E-state index in [-0.39, 0.29) is 47.4 Å². The van der Waals surface area contributed by atoms with Crippen LogP contribution in [0.25, 0.3) is 0 Å². The molecule has 2 aromatic heterocycles. The molecule has 0 saturated carbocycles. The molecule has 0 aromatic carbocycles. The second-order valence-corrected chi connectivity index (χ2v) is 4.59. The molecule has 0 bridgehead atoms. The number of hydrogen-bond donors (Lipinski definition) is 3. The van der Waals surface area contributed by atoms with Gasteiger partial charge in [0, 0.05) is 23.8 Å². The Hall–Kier alpha value is -1.22. The Labute approximate surface area is 163 Å². The number of nitrogens with zero attached hydrogens (tertiary/aromatic N) is 4. The second-order valence-electron chi connectivity index (χ2n) is 4.59. The van der Waals surface area contributed by atoms with Crippen LogP contribution in [0, 0.1) is 13.8 Å². The van der Waals surface area contributed by atoms with E-state index in [9.17, 15) is 5.11 Å². The van der Waals surface area contributed by atoms with Crippen molar-refractivity contribution in [2.45, 2.75) is 20.0 Å². The first-order valence-corrected chi connectivity index (χ1v) is 6.35. The maximum atomic E-state index is 9.73. The van der Waals surface area contributed by atoms with Crippen molar-refractivity contribution in [1.29, 1.82) is 0 Å². The zero-order valence-electron chi connectivity index (χ0n) is 13.1. The van der Waals surface area contributed by atoms with E-state index >= 15 is 0 Å². The number of aryl methyl sites for hydroxylation is 2. The molecular weight excluding hydrogens is 407 g/mol. The van der Waals surface area contributed by atoms with E-state index in [1.165, 1.54) is 0 Å². The minimum atomic E-state index is -0.609. The third kappa shape index (κ3) is 9.82. The summed E-state index contributed by atoms with van der Waals surface area (Å²) >= 11 is 0. The molecule has 0 amide bonds. The molecule has 0 unspecified atom stereocenters. The van der Waals surface area contributed by atoms with Crippen molar-refractivity contribution in [3.63, 3.8) is 0 Å². The summed E-state index contributed by atoms with van der Waals surface area (Å²) in [5, 5.41) is 23.4. The minimum Gasteiger partial charge on any atom is -1.00 e. The SMILES string of the molecule is Cc1cc(C=NCC(O)CN=Cc2cc(C)[nH]n2)n[nH]1.O.[Cl-].[Cl-].[Cu+2]. The number of aromatic amines is 2. The number of hydrogen-bond acceptors (Lipinski definition) is 5. The van der Waals surface area contributed by atoms with Gasteiger partial charge in [-0.3, -0.25) is 20.2 Å². The summed E-state index contributed by atoms with van der Waals surface area (Å²) in [5.41, 5.74) is 3.46. The monoisotopic (exact) mass is 425 g/mol. The van der Waals surface area contributed by atoms with E-state index in [1.54, 1.807) is 12.4 Å². The summed E-state index contributed by atoms with van der Waals surface area (Å²) in [6.07, 6.45) is 2.66. The van der Waals surface area contributed by atoms with Crippen LogP contribution in [0.4, 0.5) is 0 Å². The van der Waals surface area contributed by atoms with Gasteiger partial charge in [-0.25, -0.2) is 0 Å². The standard InChI is InChI=1S/C13H18N6O.2ClH.Cu.H2O/c1-9-3-11(18-16-9)5-14-7-13(20)8-15-6-12-4-10(2)17-19-12;;;;/h3-6,13,20H,7-8H2,1-2H3,(H,16,18)(H,17,19);2*1H;;1H2/q;;;+2;/p-2. The van der Waals surface area contributed by atoms with Crippen LogP contribution < -0.4 is 24.8 Å². The molecule has 24 heavy (non-hydrogen) atoms. The molecule has 2 heterocycles.